The van der Waals surface area contributed by atoms with Crippen LogP contribution in [0.4, 0.5) is 17.6 Å². The lowest BCUT2D eigenvalue weighted by Crippen LogP contribution is -2.36. The van der Waals surface area contributed by atoms with Crippen LogP contribution in [0, 0.1) is 0 Å². The molecule has 1 aliphatic heterocycles. The second-order valence-corrected chi connectivity index (χ2v) is 7.49. The molecule has 0 radical (unpaired) electrons. The van der Waals surface area contributed by atoms with Crippen molar-refractivity contribution in [2.24, 2.45) is 0 Å². The second kappa shape index (κ2) is 8.14. The zero-order valence-corrected chi connectivity index (χ0v) is 17.3. The average Bonchev–Trinajstić information content (AvgIpc) is 3.40. The van der Waals surface area contributed by atoms with Crippen molar-refractivity contribution in [1.82, 2.24) is 19.7 Å². The Balaban J connectivity index is 1.68. The van der Waals surface area contributed by atoms with Gasteiger partial charge in [0.1, 0.15) is 30.6 Å². The molecule has 1 aliphatic rings. The largest absolute Gasteiger partial charge is 0.439 e. The predicted octanol–water partition coefficient (Wildman–Crippen LogP) is 4.59. The van der Waals surface area contributed by atoms with Gasteiger partial charge in [0.2, 0.25) is 11.7 Å². The molecule has 4 rings (SSSR count). The third kappa shape index (κ3) is 4.58. The minimum Gasteiger partial charge on any atom is -0.439 e. The second-order valence-electron chi connectivity index (χ2n) is 7.49. The van der Waals surface area contributed by atoms with Crippen LogP contribution in [0.25, 0.3) is 0 Å². The molecule has 2 aromatic heterocycles. The van der Waals surface area contributed by atoms with Crippen molar-refractivity contribution in [3.05, 3.63) is 65.9 Å². The van der Waals surface area contributed by atoms with Gasteiger partial charge in [0, 0.05) is 31.0 Å². The first-order valence-corrected chi connectivity index (χ1v) is 9.73. The standard InChI is InChI=1S/C21H20F4N4O3/c1-19(22,23)14-3-5-15(6-4-14)32-17-8-7-16(18(28-17)20(2,24)25)21(30-9-10-31-21)11-29-13-26-12-27-29/h3-8,12-13H,9-11H2,1-2H3. The summed E-state index contributed by atoms with van der Waals surface area (Å²) in [5.74, 6) is -7.84. The SMILES string of the molecule is CC(F)(F)c1ccc(Oc2ccc(C3(Cn4cncn4)OCCO3)c(C(C)(F)F)n2)cc1. The monoisotopic (exact) mass is 452 g/mol. The summed E-state index contributed by atoms with van der Waals surface area (Å²) in [6.07, 6.45) is 2.73. The fourth-order valence-corrected chi connectivity index (χ4v) is 3.39. The summed E-state index contributed by atoms with van der Waals surface area (Å²) in [6, 6.07) is 7.83. The molecule has 0 atom stereocenters. The number of halogens is 4. The Morgan fingerprint density at radius 3 is 2.25 bits per heavy atom. The number of alkyl halides is 4. The highest BCUT2D eigenvalue weighted by atomic mass is 19.3. The maximum atomic E-state index is 14.6. The van der Waals surface area contributed by atoms with E-state index in [1.165, 1.54) is 53.7 Å². The van der Waals surface area contributed by atoms with E-state index in [9.17, 15) is 17.6 Å². The van der Waals surface area contributed by atoms with Crippen molar-refractivity contribution in [2.75, 3.05) is 13.2 Å². The maximum Gasteiger partial charge on any atom is 0.287 e. The molecule has 1 fully saturated rings. The molecule has 0 bridgehead atoms. The van der Waals surface area contributed by atoms with Crippen molar-refractivity contribution >= 4 is 0 Å². The van der Waals surface area contributed by atoms with E-state index in [-0.39, 0.29) is 42.5 Å². The smallest absolute Gasteiger partial charge is 0.287 e. The summed E-state index contributed by atoms with van der Waals surface area (Å²) < 4.78 is 74.4. The Labute approximate surface area is 181 Å². The summed E-state index contributed by atoms with van der Waals surface area (Å²) >= 11 is 0. The van der Waals surface area contributed by atoms with E-state index < -0.39 is 23.3 Å². The van der Waals surface area contributed by atoms with Gasteiger partial charge in [0.15, 0.2) is 0 Å². The quantitative estimate of drug-likeness (QED) is 0.489. The fraction of sp³-hybridized carbons (Fsp3) is 0.381. The molecule has 32 heavy (non-hydrogen) atoms. The van der Waals surface area contributed by atoms with Crippen molar-refractivity contribution in [2.45, 2.75) is 38.0 Å². The number of hydrogen-bond donors (Lipinski definition) is 0. The Morgan fingerprint density at radius 2 is 1.69 bits per heavy atom. The third-order valence-electron chi connectivity index (χ3n) is 4.87. The molecule has 0 amide bonds. The van der Waals surface area contributed by atoms with Crippen molar-refractivity contribution in [1.29, 1.82) is 0 Å². The van der Waals surface area contributed by atoms with Gasteiger partial charge in [0.05, 0.1) is 13.2 Å². The molecule has 7 nitrogen and oxygen atoms in total. The molecule has 0 N–H and O–H groups in total. The van der Waals surface area contributed by atoms with E-state index in [1.807, 2.05) is 0 Å². The van der Waals surface area contributed by atoms with Gasteiger partial charge in [-0.05, 0) is 30.3 Å². The number of benzene rings is 1. The van der Waals surface area contributed by atoms with E-state index in [0.717, 1.165) is 6.92 Å². The molecular weight excluding hydrogens is 432 g/mol. The van der Waals surface area contributed by atoms with E-state index in [4.69, 9.17) is 14.2 Å². The van der Waals surface area contributed by atoms with Crippen LogP contribution in [-0.2, 0) is 33.7 Å². The van der Waals surface area contributed by atoms with Gasteiger partial charge < -0.3 is 14.2 Å². The molecule has 3 heterocycles. The van der Waals surface area contributed by atoms with Gasteiger partial charge in [0.25, 0.3) is 11.8 Å². The zero-order valence-electron chi connectivity index (χ0n) is 17.3. The number of nitrogens with zero attached hydrogens (tertiary/aromatic N) is 4. The lowest BCUT2D eigenvalue weighted by atomic mass is 10.0. The number of hydrogen-bond acceptors (Lipinski definition) is 6. The molecule has 0 saturated carbocycles. The van der Waals surface area contributed by atoms with Gasteiger partial charge in [-0.2, -0.15) is 13.9 Å². The molecule has 1 aromatic carbocycles. The van der Waals surface area contributed by atoms with Crippen LogP contribution in [0.2, 0.25) is 0 Å². The lowest BCUT2D eigenvalue weighted by molar-refractivity contribution is -0.180. The van der Waals surface area contributed by atoms with Gasteiger partial charge >= 0.3 is 0 Å². The highest BCUT2D eigenvalue weighted by Crippen LogP contribution is 2.41. The van der Waals surface area contributed by atoms with Gasteiger partial charge in [-0.15, -0.1) is 0 Å². The maximum absolute atomic E-state index is 14.6. The van der Waals surface area contributed by atoms with Crippen molar-refractivity contribution in [3.63, 3.8) is 0 Å². The molecule has 0 unspecified atom stereocenters. The van der Waals surface area contributed by atoms with Crippen LogP contribution in [0.3, 0.4) is 0 Å². The van der Waals surface area contributed by atoms with E-state index in [0.29, 0.717) is 6.92 Å². The summed E-state index contributed by atoms with van der Waals surface area (Å²) in [4.78, 5) is 7.86. The minimum absolute atomic E-state index is 0.00927. The zero-order chi connectivity index (χ0) is 23.0. The van der Waals surface area contributed by atoms with Crippen LogP contribution in [0.1, 0.15) is 30.7 Å². The highest BCUT2D eigenvalue weighted by Gasteiger charge is 2.46. The molecule has 0 aliphatic carbocycles. The van der Waals surface area contributed by atoms with Crippen LogP contribution < -0.4 is 4.74 Å². The van der Waals surface area contributed by atoms with E-state index in [2.05, 4.69) is 15.1 Å². The Kier molecular flexibility index (Phi) is 5.63. The molecule has 0 spiro atoms. The van der Waals surface area contributed by atoms with Crippen LogP contribution >= 0.6 is 0 Å². The molecule has 3 aromatic rings. The van der Waals surface area contributed by atoms with E-state index in [1.54, 1.807) is 0 Å². The number of aromatic nitrogens is 4. The Hall–Kier alpha value is -3.05. The minimum atomic E-state index is -3.35. The summed E-state index contributed by atoms with van der Waals surface area (Å²) in [7, 11) is 0. The number of rotatable bonds is 7. The van der Waals surface area contributed by atoms with Crippen molar-refractivity contribution in [3.8, 4) is 11.6 Å². The first-order valence-electron chi connectivity index (χ1n) is 9.73. The summed E-state index contributed by atoms with van der Waals surface area (Å²) in [6.45, 7) is 1.89. The first-order chi connectivity index (χ1) is 15.1. The van der Waals surface area contributed by atoms with Crippen LogP contribution in [-0.4, -0.2) is 33.0 Å². The first kappa shape index (κ1) is 22.2. The van der Waals surface area contributed by atoms with Crippen LogP contribution in [0.5, 0.6) is 11.6 Å². The number of ether oxygens (including phenoxy) is 3. The predicted molar refractivity (Wildman–Crippen MR) is 103 cm³/mol. The van der Waals surface area contributed by atoms with Gasteiger partial charge in [-0.1, -0.05) is 0 Å². The van der Waals surface area contributed by atoms with Crippen LogP contribution in [0.15, 0.2) is 49.1 Å². The Bertz CT molecular complexity index is 1060. The van der Waals surface area contributed by atoms with Crippen molar-refractivity contribution < 1.29 is 31.8 Å². The third-order valence-corrected chi connectivity index (χ3v) is 4.87. The number of pyridine rings is 1. The highest BCUT2D eigenvalue weighted by molar-refractivity contribution is 5.36. The fourth-order valence-electron chi connectivity index (χ4n) is 3.39. The Morgan fingerprint density at radius 1 is 1.00 bits per heavy atom. The summed E-state index contributed by atoms with van der Waals surface area (Å²) in [5, 5.41) is 4.00. The normalized spacial score (nSPS) is 16.3. The summed E-state index contributed by atoms with van der Waals surface area (Å²) in [5.41, 5.74) is -0.750. The average molecular weight is 452 g/mol. The molecule has 1 saturated heterocycles. The van der Waals surface area contributed by atoms with Gasteiger partial charge in [-0.25, -0.2) is 23.4 Å². The molecule has 11 heteroatoms. The topological polar surface area (TPSA) is 71.3 Å². The molecule has 170 valence electrons. The lowest BCUT2D eigenvalue weighted by Gasteiger charge is -2.30. The molecular formula is C21H20F4N4O3. The van der Waals surface area contributed by atoms with Gasteiger partial charge in [-0.3, -0.25) is 0 Å². The van der Waals surface area contributed by atoms with E-state index >= 15 is 0 Å².